The van der Waals surface area contributed by atoms with Gasteiger partial charge in [0.1, 0.15) is 5.75 Å². The van der Waals surface area contributed by atoms with Crippen LogP contribution in [0.4, 0.5) is 0 Å². The average molecular weight is 199 g/mol. The maximum absolute atomic E-state index is 5.65. The quantitative estimate of drug-likeness (QED) is 0.676. The van der Waals surface area contributed by atoms with Crippen molar-refractivity contribution >= 4 is 11.6 Å². The molecule has 0 heterocycles. The number of alkyl halides is 1. The van der Waals surface area contributed by atoms with E-state index in [2.05, 4.69) is 25.1 Å². The number of aryl methyl sites for hydroxylation is 2. The van der Waals surface area contributed by atoms with Crippen LogP contribution >= 0.6 is 11.6 Å². The minimum Gasteiger partial charge on any atom is -0.496 e. The normalized spacial score (nSPS) is 10.1. The Labute approximate surface area is 84.7 Å². The van der Waals surface area contributed by atoms with Crippen LogP contribution in [0.3, 0.4) is 0 Å². The number of hydrogen-bond donors (Lipinski definition) is 0. The third-order valence-corrected chi connectivity index (χ3v) is 2.34. The number of halogens is 1. The van der Waals surface area contributed by atoms with Crippen molar-refractivity contribution in [3.8, 4) is 5.75 Å². The Morgan fingerprint density at radius 1 is 1.38 bits per heavy atom. The molecule has 0 N–H and O–H groups in total. The van der Waals surface area contributed by atoms with Crippen LogP contribution in [-0.4, -0.2) is 13.0 Å². The molecule has 0 saturated carbocycles. The van der Waals surface area contributed by atoms with E-state index >= 15 is 0 Å². The maximum atomic E-state index is 5.65. The summed E-state index contributed by atoms with van der Waals surface area (Å²) in [6.07, 6.45) is 2.00. The molecule has 72 valence electrons. The Kier molecular flexibility index (Phi) is 4.10. The third-order valence-electron chi connectivity index (χ3n) is 2.08. The lowest BCUT2D eigenvalue weighted by Crippen LogP contribution is -1.95. The van der Waals surface area contributed by atoms with E-state index in [9.17, 15) is 0 Å². The average Bonchev–Trinajstić information content (AvgIpc) is 2.15. The summed E-state index contributed by atoms with van der Waals surface area (Å²) in [5.41, 5.74) is 2.44. The molecule has 0 amide bonds. The van der Waals surface area contributed by atoms with Gasteiger partial charge in [-0.3, -0.25) is 0 Å². The summed E-state index contributed by atoms with van der Waals surface area (Å²) < 4.78 is 5.33. The molecule has 1 nitrogen and oxygen atoms in total. The van der Waals surface area contributed by atoms with E-state index in [-0.39, 0.29) is 0 Å². The molecule has 0 atom stereocenters. The number of methoxy groups -OCH3 is 1. The van der Waals surface area contributed by atoms with E-state index in [1.54, 1.807) is 7.11 Å². The lowest BCUT2D eigenvalue weighted by atomic mass is 10.1. The summed E-state index contributed by atoms with van der Waals surface area (Å²) in [5.74, 6) is 1.71. The van der Waals surface area contributed by atoms with Gasteiger partial charge in [0.05, 0.1) is 7.11 Å². The van der Waals surface area contributed by atoms with E-state index in [4.69, 9.17) is 16.3 Å². The highest BCUT2D eigenvalue weighted by Gasteiger charge is 2.04. The largest absolute Gasteiger partial charge is 0.496 e. The number of para-hydroxylation sites is 1. The summed E-state index contributed by atoms with van der Waals surface area (Å²) in [5, 5.41) is 0. The molecule has 1 aromatic carbocycles. The lowest BCUT2D eigenvalue weighted by molar-refractivity contribution is 0.406. The van der Waals surface area contributed by atoms with Crippen molar-refractivity contribution in [3.05, 3.63) is 29.3 Å². The molecule has 0 aliphatic carbocycles. The minimum absolute atomic E-state index is 0.705. The second kappa shape index (κ2) is 5.13. The van der Waals surface area contributed by atoms with Gasteiger partial charge in [-0.2, -0.15) is 0 Å². The molecule has 0 spiro atoms. The Balaban J connectivity index is 2.85. The second-order valence-electron chi connectivity index (χ2n) is 3.06. The second-order valence-corrected chi connectivity index (χ2v) is 3.44. The Bertz CT molecular complexity index is 271. The van der Waals surface area contributed by atoms with Crippen LogP contribution in [0.2, 0.25) is 0 Å². The van der Waals surface area contributed by atoms with Gasteiger partial charge in [-0.1, -0.05) is 18.2 Å². The highest BCUT2D eigenvalue weighted by Crippen LogP contribution is 2.23. The molecule has 2 heteroatoms. The molecule has 1 rings (SSSR count). The standard InChI is InChI=1S/C11H15ClO/c1-9-5-3-6-10(7-4-8-12)11(9)13-2/h3,5-6H,4,7-8H2,1-2H3. The Morgan fingerprint density at radius 2 is 2.15 bits per heavy atom. The zero-order chi connectivity index (χ0) is 9.68. The van der Waals surface area contributed by atoms with Crippen LogP contribution in [0.15, 0.2) is 18.2 Å². The molecule has 0 saturated heterocycles. The minimum atomic E-state index is 0.705. The highest BCUT2D eigenvalue weighted by molar-refractivity contribution is 6.17. The first-order chi connectivity index (χ1) is 6.29. The molecule has 0 aliphatic rings. The predicted octanol–water partition coefficient (Wildman–Crippen LogP) is 3.18. The van der Waals surface area contributed by atoms with Gasteiger partial charge >= 0.3 is 0 Å². The first kappa shape index (κ1) is 10.4. The number of benzene rings is 1. The zero-order valence-electron chi connectivity index (χ0n) is 8.14. The molecule has 0 aliphatic heterocycles. The van der Waals surface area contributed by atoms with Crippen LogP contribution in [-0.2, 0) is 6.42 Å². The van der Waals surface area contributed by atoms with Crippen molar-refractivity contribution < 1.29 is 4.74 Å². The molecule has 1 aromatic rings. The zero-order valence-corrected chi connectivity index (χ0v) is 8.90. The lowest BCUT2D eigenvalue weighted by Gasteiger charge is -2.10. The topological polar surface area (TPSA) is 9.23 Å². The predicted molar refractivity (Wildman–Crippen MR) is 56.8 cm³/mol. The van der Waals surface area contributed by atoms with Gasteiger partial charge in [0, 0.05) is 5.88 Å². The van der Waals surface area contributed by atoms with E-state index in [1.807, 2.05) is 0 Å². The van der Waals surface area contributed by atoms with Crippen molar-refractivity contribution in [2.45, 2.75) is 19.8 Å². The maximum Gasteiger partial charge on any atom is 0.124 e. The molecule has 0 radical (unpaired) electrons. The Hall–Kier alpha value is -0.690. The molecule has 0 fully saturated rings. The molecule has 0 bridgehead atoms. The first-order valence-corrected chi connectivity index (χ1v) is 5.01. The van der Waals surface area contributed by atoms with Crippen molar-refractivity contribution in [1.29, 1.82) is 0 Å². The van der Waals surface area contributed by atoms with Crippen molar-refractivity contribution in [3.63, 3.8) is 0 Å². The molecule has 0 aromatic heterocycles. The first-order valence-electron chi connectivity index (χ1n) is 4.48. The number of hydrogen-bond acceptors (Lipinski definition) is 1. The highest BCUT2D eigenvalue weighted by atomic mass is 35.5. The van der Waals surface area contributed by atoms with Gasteiger partial charge < -0.3 is 4.74 Å². The van der Waals surface area contributed by atoms with Crippen LogP contribution in [0.25, 0.3) is 0 Å². The molecule has 13 heavy (non-hydrogen) atoms. The van der Waals surface area contributed by atoms with Crippen LogP contribution < -0.4 is 4.74 Å². The fourth-order valence-corrected chi connectivity index (χ4v) is 1.59. The number of rotatable bonds is 4. The van der Waals surface area contributed by atoms with E-state index in [1.165, 1.54) is 11.1 Å². The molecular formula is C11H15ClO. The molecule has 0 unspecified atom stereocenters. The van der Waals surface area contributed by atoms with Gasteiger partial charge in [-0.05, 0) is 30.9 Å². The van der Waals surface area contributed by atoms with Gasteiger partial charge in [-0.15, -0.1) is 11.6 Å². The SMILES string of the molecule is COc1c(C)cccc1CCCCl. The summed E-state index contributed by atoms with van der Waals surface area (Å²) >= 11 is 5.65. The van der Waals surface area contributed by atoms with Crippen molar-refractivity contribution in [2.75, 3.05) is 13.0 Å². The van der Waals surface area contributed by atoms with Gasteiger partial charge in [-0.25, -0.2) is 0 Å². The Morgan fingerprint density at radius 3 is 2.77 bits per heavy atom. The summed E-state index contributed by atoms with van der Waals surface area (Å²) in [4.78, 5) is 0. The summed E-state index contributed by atoms with van der Waals surface area (Å²) in [6, 6.07) is 6.21. The third kappa shape index (κ3) is 2.63. The monoisotopic (exact) mass is 198 g/mol. The van der Waals surface area contributed by atoms with Gasteiger partial charge in [0.15, 0.2) is 0 Å². The van der Waals surface area contributed by atoms with Crippen LogP contribution in [0, 0.1) is 6.92 Å². The van der Waals surface area contributed by atoms with E-state index < -0.39 is 0 Å². The van der Waals surface area contributed by atoms with E-state index in [0.29, 0.717) is 5.88 Å². The number of ether oxygens (including phenoxy) is 1. The van der Waals surface area contributed by atoms with Gasteiger partial charge in [0.2, 0.25) is 0 Å². The van der Waals surface area contributed by atoms with Gasteiger partial charge in [0.25, 0.3) is 0 Å². The van der Waals surface area contributed by atoms with E-state index in [0.717, 1.165) is 18.6 Å². The van der Waals surface area contributed by atoms with Crippen LogP contribution in [0.5, 0.6) is 5.75 Å². The smallest absolute Gasteiger partial charge is 0.124 e. The summed E-state index contributed by atoms with van der Waals surface area (Å²) in [6.45, 7) is 2.06. The fraction of sp³-hybridized carbons (Fsp3) is 0.455. The van der Waals surface area contributed by atoms with Crippen LogP contribution in [0.1, 0.15) is 17.5 Å². The molecular weight excluding hydrogens is 184 g/mol. The van der Waals surface area contributed by atoms with Crippen molar-refractivity contribution in [1.82, 2.24) is 0 Å². The fourth-order valence-electron chi connectivity index (χ4n) is 1.46. The van der Waals surface area contributed by atoms with Crippen molar-refractivity contribution in [2.24, 2.45) is 0 Å². The summed E-state index contributed by atoms with van der Waals surface area (Å²) in [7, 11) is 1.71.